The second-order valence-electron chi connectivity index (χ2n) is 4.39. The van der Waals surface area contributed by atoms with E-state index in [4.69, 9.17) is 15.6 Å². The van der Waals surface area contributed by atoms with E-state index >= 15 is 0 Å². The first-order valence-electron chi connectivity index (χ1n) is 4.72. The Kier molecular flexibility index (Phi) is 3.07. The molecule has 88 valence electrons. The van der Waals surface area contributed by atoms with Crippen molar-refractivity contribution in [2.75, 3.05) is 5.73 Å². The molecular formula is C11H14FNO3. The highest BCUT2D eigenvalue weighted by molar-refractivity contribution is 5.94. The Bertz CT molecular complexity index is 424. The topological polar surface area (TPSA) is 72.5 Å². The summed E-state index contributed by atoms with van der Waals surface area (Å²) < 4.78 is 18.7. The number of carboxylic acids is 1. The van der Waals surface area contributed by atoms with Crippen molar-refractivity contribution < 1.29 is 19.0 Å². The number of nitrogen functional groups attached to an aromatic ring is 1. The summed E-state index contributed by atoms with van der Waals surface area (Å²) >= 11 is 0. The van der Waals surface area contributed by atoms with E-state index in [2.05, 4.69) is 0 Å². The van der Waals surface area contributed by atoms with Gasteiger partial charge in [-0.2, -0.15) is 0 Å². The summed E-state index contributed by atoms with van der Waals surface area (Å²) in [7, 11) is 0. The highest BCUT2D eigenvalue weighted by atomic mass is 19.1. The lowest BCUT2D eigenvalue weighted by atomic mass is 10.1. The first-order valence-corrected chi connectivity index (χ1v) is 4.72. The van der Waals surface area contributed by atoms with Crippen molar-refractivity contribution in [3.8, 4) is 5.75 Å². The number of anilines is 1. The quantitative estimate of drug-likeness (QED) is 0.760. The number of hydrogen-bond acceptors (Lipinski definition) is 3. The zero-order chi connectivity index (χ0) is 12.5. The lowest BCUT2D eigenvalue weighted by Crippen LogP contribution is -2.24. The Hall–Kier alpha value is -1.78. The minimum absolute atomic E-state index is 0.112. The number of rotatable bonds is 2. The van der Waals surface area contributed by atoms with Crippen molar-refractivity contribution in [2.24, 2.45) is 0 Å². The standard InChI is InChI=1S/C11H14FNO3/c1-11(2,3)16-9-4-6(10(14)15)8(13)5-7(9)12/h4-5H,13H2,1-3H3,(H,14,15). The third kappa shape index (κ3) is 2.85. The molecule has 0 atom stereocenters. The van der Waals surface area contributed by atoms with Crippen LogP contribution in [-0.4, -0.2) is 16.7 Å². The highest BCUT2D eigenvalue weighted by Crippen LogP contribution is 2.27. The number of ether oxygens (including phenoxy) is 1. The third-order valence-corrected chi connectivity index (χ3v) is 1.75. The average molecular weight is 227 g/mol. The van der Waals surface area contributed by atoms with Gasteiger partial charge in [0.1, 0.15) is 5.60 Å². The first-order chi connectivity index (χ1) is 7.20. The molecular weight excluding hydrogens is 213 g/mol. The van der Waals surface area contributed by atoms with Crippen LogP contribution in [0.3, 0.4) is 0 Å². The first kappa shape index (κ1) is 12.3. The SMILES string of the molecule is CC(C)(C)Oc1cc(C(=O)O)c(N)cc1F. The predicted octanol–water partition coefficient (Wildman–Crippen LogP) is 2.28. The minimum atomic E-state index is -1.21. The van der Waals surface area contributed by atoms with Gasteiger partial charge in [0.15, 0.2) is 11.6 Å². The van der Waals surface area contributed by atoms with Crippen LogP contribution in [0.25, 0.3) is 0 Å². The monoisotopic (exact) mass is 227 g/mol. The molecule has 0 spiro atoms. The van der Waals surface area contributed by atoms with Crippen molar-refractivity contribution in [1.29, 1.82) is 0 Å². The number of benzene rings is 1. The number of nitrogens with two attached hydrogens (primary N) is 1. The highest BCUT2D eigenvalue weighted by Gasteiger charge is 2.19. The van der Waals surface area contributed by atoms with Crippen LogP contribution in [0, 0.1) is 5.82 Å². The molecule has 4 nitrogen and oxygen atoms in total. The van der Waals surface area contributed by atoms with E-state index < -0.39 is 17.4 Å². The predicted molar refractivity (Wildman–Crippen MR) is 58.2 cm³/mol. The van der Waals surface area contributed by atoms with E-state index in [-0.39, 0.29) is 17.0 Å². The molecule has 1 aromatic carbocycles. The lowest BCUT2D eigenvalue weighted by Gasteiger charge is -2.22. The summed E-state index contributed by atoms with van der Waals surface area (Å²) in [4.78, 5) is 10.8. The zero-order valence-corrected chi connectivity index (χ0v) is 9.37. The molecule has 0 radical (unpaired) electrons. The van der Waals surface area contributed by atoms with Crippen LogP contribution in [0.2, 0.25) is 0 Å². The summed E-state index contributed by atoms with van der Waals surface area (Å²) in [6, 6.07) is 2.04. The van der Waals surface area contributed by atoms with E-state index in [0.717, 1.165) is 12.1 Å². The molecule has 0 amide bonds. The molecule has 5 heteroatoms. The van der Waals surface area contributed by atoms with Gasteiger partial charge in [0.2, 0.25) is 0 Å². The Morgan fingerprint density at radius 2 is 2.00 bits per heavy atom. The van der Waals surface area contributed by atoms with E-state index in [1.807, 2.05) is 0 Å². The van der Waals surface area contributed by atoms with Crippen LogP contribution in [-0.2, 0) is 0 Å². The third-order valence-electron chi connectivity index (χ3n) is 1.75. The fraction of sp³-hybridized carbons (Fsp3) is 0.364. The Balaban J connectivity index is 3.20. The smallest absolute Gasteiger partial charge is 0.337 e. The molecule has 0 aromatic heterocycles. The van der Waals surface area contributed by atoms with Crippen molar-refractivity contribution >= 4 is 11.7 Å². The molecule has 0 bridgehead atoms. The second-order valence-corrected chi connectivity index (χ2v) is 4.39. The fourth-order valence-corrected chi connectivity index (χ4v) is 1.16. The van der Waals surface area contributed by atoms with Crippen LogP contribution in [0.4, 0.5) is 10.1 Å². The maximum atomic E-state index is 13.4. The van der Waals surface area contributed by atoms with E-state index in [9.17, 15) is 9.18 Å². The molecule has 0 aliphatic heterocycles. The maximum Gasteiger partial charge on any atom is 0.337 e. The van der Waals surface area contributed by atoms with E-state index in [0.29, 0.717) is 0 Å². The molecule has 16 heavy (non-hydrogen) atoms. The molecule has 1 rings (SSSR count). The summed E-state index contributed by atoms with van der Waals surface area (Å²) in [5.74, 6) is -1.99. The molecule has 0 unspecified atom stereocenters. The van der Waals surface area contributed by atoms with Gasteiger partial charge in [-0.3, -0.25) is 0 Å². The Labute approximate surface area is 92.8 Å². The van der Waals surface area contributed by atoms with Gasteiger partial charge in [0.25, 0.3) is 0 Å². The fourth-order valence-electron chi connectivity index (χ4n) is 1.16. The van der Waals surface area contributed by atoms with Crippen molar-refractivity contribution in [3.05, 3.63) is 23.5 Å². The van der Waals surface area contributed by atoms with Crippen LogP contribution < -0.4 is 10.5 Å². The molecule has 0 saturated carbocycles. The Morgan fingerprint density at radius 1 is 1.44 bits per heavy atom. The molecule has 0 heterocycles. The summed E-state index contributed by atoms with van der Waals surface area (Å²) in [6.45, 7) is 5.22. The van der Waals surface area contributed by atoms with Gasteiger partial charge in [-0.1, -0.05) is 0 Å². The maximum absolute atomic E-state index is 13.4. The van der Waals surface area contributed by atoms with Crippen LogP contribution in [0.1, 0.15) is 31.1 Å². The number of carbonyl (C=O) groups is 1. The number of carboxylic acid groups (broad SMARTS) is 1. The molecule has 0 saturated heterocycles. The van der Waals surface area contributed by atoms with Gasteiger partial charge in [0, 0.05) is 11.8 Å². The van der Waals surface area contributed by atoms with Crippen molar-refractivity contribution in [2.45, 2.75) is 26.4 Å². The summed E-state index contributed by atoms with van der Waals surface area (Å²) in [5.41, 5.74) is 4.49. The summed E-state index contributed by atoms with van der Waals surface area (Å²) in [6.07, 6.45) is 0. The molecule has 3 N–H and O–H groups in total. The van der Waals surface area contributed by atoms with Crippen LogP contribution in [0.15, 0.2) is 12.1 Å². The Morgan fingerprint density at radius 3 is 2.44 bits per heavy atom. The zero-order valence-electron chi connectivity index (χ0n) is 9.37. The molecule has 0 aliphatic carbocycles. The van der Waals surface area contributed by atoms with Gasteiger partial charge < -0.3 is 15.6 Å². The molecule has 0 aliphatic rings. The normalized spacial score (nSPS) is 11.2. The van der Waals surface area contributed by atoms with Crippen molar-refractivity contribution in [3.63, 3.8) is 0 Å². The molecule has 1 aromatic rings. The average Bonchev–Trinajstić information content (AvgIpc) is 2.07. The van der Waals surface area contributed by atoms with Gasteiger partial charge in [-0.15, -0.1) is 0 Å². The number of aromatic carboxylic acids is 1. The van der Waals surface area contributed by atoms with Crippen molar-refractivity contribution in [1.82, 2.24) is 0 Å². The van der Waals surface area contributed by atoms with Crippen LogP contribution in [0.5, 0.6) is 5.75 Å². The van der Waals surface area contributed by atoms with Gasteiger partial charge in [0.05, 0.1) is 5.56 Å². The number of hydrogen-bond donors (Lipinski definition) is 2. The van der Waals surface area contributed by atoms with Gasteiger partial charge in [-0.05, 0) is 26.8 Å². The van der Waals surface area contributed by atoms with Gasteiger partial charge >= 0.3 is 5.97 Å². The van der Waals surface area contributed by atoms with E-state index in [1.165, 1.54) is 0 Å². The van der Waals surface area contributed by atoms with Gasteiger partial charge in [-0.25, -0.2) is 9.18 Å². The lowest BCUT2D eigenvalue weighted by molar-refractivity contribution is 0.0695. The van der Waals surface area contributed by atoms with Crippen LogP contribution >= 0.6 is 0 Å². The largest absolute Gasteiger partial charge is 0.485 e. The number of halogens is 1. The molecule has 0 fully saturated rings. The minimum Gasteiger partial charge on any atom is -0.485 e. The summed E-state index contributed by atoms with van der Waals surface area (Å²) in [5, 5.41) is 8.82. The van der Waals surface area contributed by atoms with E-state index in [1.54, 1.807) is 20.8 Å². The second kappa shape index (κ2) is 4.00.